The molecule has 9 nitrogen and oxygen atoms in total. The zero-order valence-electron chi connectivity index (χ0n) is 15.5. The molecule has 0 bridgehead atoms. The molecule has 1 aliphatic heterocycles. The molecule has 0 fully saturated rings. The van der Waals surface area contributed by atoms with Gasteiger partial charge in [-0.1, -0.05) is 6.07 Å². The number of rotatable bonds is 4. The summed E-state index contributed by atoms with van der Waals surface area (Å²) in [5, 5.41) is 11.5. The van der Waals surface area contributed by atoms with Crippen LogP contribution in [0.25, 0.3) is 10.8 Å². The fourth-order valence-electron chi connectivity index (χ4n) is 3.48. The SMILES string of the molecule is CC(=O)OCC1CN(C(=O)C(F)(F)F)c2ccc3cc(S(=O)(=O)Cl)cc([N+](=O)[O-])c3c21. The Hall–Kier alpha value is -2.93. The first-order valence-corrected chi connectivity index (χ1v) is 10.7. The van der Waals surface area contributed by atoms with Crippen molar-refractivity contribution >= 4 is 53.8 Å². The van der Waals surface area contributed by atoms with Crippen molar-refractivity contribution in [1.29, 1.82) is 0 Å². The molecule has 0 N–H and O–H groups in total. The van der Waals surface area contributed by atoms with Crippen molar-refractivity contribution in [3.05, 3.63) is 39.9 Å². The minimum Gasteiger partial charge on any atom is -0.465 e. The molecular weight excluding hydrogens is 469 g/mol. The lowest BCUT2D eigenvalue weighted by molar-refractivity contribution is -0.383. The van der Waals surface area contributed by atoms with Gasteiger partial charge in [-0.15, -0.1) is 0 Å². The number of fused-ring (bicyclic) bond motifs is 3. The molecule has 0 aliphatic carbocycles. The molecule has 0 spiro atoms. The van der Waals surface area contributed by atoms with E-state index in [0.717, 1.165) is 25.1 Å². The summed E-state index contributed by atoms with van der Waals surface area (Å²) in [6.07, 6.45) is -5.22. The van der Waals surface area contributed by atoms with Crippen LogP contribution in [0, 0.1) is 10.1 Å². The number of carbonyl (C=O) groups is 2. The highest BCUT2D eigenvalue weighted by atomic mass is 35.7. The molecule has 1 amide bonds. The van der Waals surface area contributed by atoms with Gasteiger partial charge in [-0.3, -0.25) is 19.7 Å². The number of esters is 1. The third-order valence-electron chi connectivity index (χ3n) is 4.64. The first kappa shape index (κ1) is 22.7. The Kier molecular flexibility index (Phi) is 5.61. The molecule has 1 atom stereocenters. The van der Waals surface area contributed by atoms with Crippen molar-refractivity contribution in [3.8, 4) is 0 Å². The molecule has 3 rings (SSSR count). The number of carbonyl (C=O) groups excluding carboxylic acids is 2. The van der Waals surface area contributed by atoms with Gasteiger partial charge in [-0.05, 0) is 23.1 Å². The number of ether oxygens (including phenoxy) is 1. The van der Waals surface area contributed by atoms with E-state index in [-0.39, 0.29) is 22.0 Å². The molecule has 166 valence electrons. The lowest BCUT2D eigenvalue weighted by atomic mass is 9.94. The van der Waals surface area contributed by atoms with Crippen molar-refractivity contribution < 1.29 is 40.8 Å². The lowest BCUT2D eigenvalue weighted by Crippen LogP contribution is -2.40. The highest BCUT2D eigenvalue weighted by molar-refractivity contribution is 8.13. The van der Waals surface area contributed by atoms with Crippen molar-refractivity contribution in [2.75, 3.05) is 18.1 Å². The number of halogens is 4. The van der Waals surface area contributed by atoms with E-state index in [4.69, 9.17) is 15.4 Å². The largest absolute Gasteiger partial charge is 0.471 e. The van der Waals surface area contributed by atoms with Crippen LogP contribution in [-0.4, -0.2) is 44.5 Å². The summed E-state index contributed by atoms with van der Waals surface area (Å²) in [4.78, 5) is 33.7. The van der Waals surface area contributed by atoms with Crippen LogP contribution >= 0.6 is 10.7 Å². The first-order chi connectivity index (χ1) is 14.2. The van der Waals surface area contributed by atoms with Gasteiger partial charge < -0.3 is 9.64 Å². The molecule has 1 heterocycles. The lowest BCUT2D eigenvalue weighted by Gasteiger charge is -2.19. The van der Waals surface area contributed by atoms with E-state index in [1.165, 1.54) is 0 Å². The maximum absolute atomic E-state index is 13.1. The van der Waals surface area contributed by atoms with E-state index in [9.17, 15) is 41.3 Å². The summed E-state index contributed by atoms with van der Waals surface area (Å²) in [5.41, 5.74) is -1.03. The van der Waals surface area contributed by atoms with Crippen molar-refractivity contribution in [3.63, 3.8) is 0 Å². The van der Waals surface area contributed by atoms with Gasteiger partial charge in [0.2, 0.25) is 0 Å². The quantitative estimate of drug-likeness (QED) is 0.285. The van der Waals surface area contributed by atoms with Gasteiger partial charge in [0.05, 0.1) is 21.8 Å². The van der Waals surface area contributed by atoms with Crippen molar-refractivity contribution in [2.45, 2.75) is 23.9 Å². The van der Waals surface area contributed by atoms with E-state index in [2.05, 4.69) is 0 Å². The van der Waals surface area contributed by atoms with Crippen LogP contribution < -0.4 is 4.90 Å². The van der Waals surface area contributed by atoms with Gasteiger partial charge in [-0.2, -0.15) is 13.2 Å². The Morgan fingerprint density at radius 2 is 1.97 bits per heavy atom. The maximum Gasteiger partial charge on any atom is 0.471 e. The number of hydrogen-bond donors (Lipinski definition) is 0. The summed E-state index contributed by atoms with van der Waals surface area (Å²) >= 11 is 0. The Bertz CT molecular complexity index is 1230. The second-order valence-corrected chi connectivity index (χ2v) is 9.21. The van der Waals surface area contributed by atoms with Crippen LogP contribution in [-0.2, 0) is 23.4 Å². The van der Waals surface area contributed by atoms with Crippen LogP contribution in [0.3, 0.4) is 0 Å². The zero-order chi connectivity index (χ0) is 23.3. The smallest absolute Gasteiger partial charge is 0.465 e. The molecular formula is C17H12ClF3N2O7S. The topological polar surface area (TPSA) is 124 Å². The maximum atomic E-state index is 13.1. The number of benzene rings is 2. The molecule has 0 saturated heterocycles. The zero-order valence-corrected chi connectivity index (χ0v) is 17.0. The van der Waals surface area contributed by atoms with E-state index < -0.39 is 61.7 Å². The number of anilines is 1. The fraction of sp³-hybridized carbons (Fsp3) is 0.294. The molecule has 14 heteroatoms. The van der Waals surface area contributed by atoms with Gasteiger partial charge >= 0.3 is 18.1 Å². The molecule has 1 unspecified atom stereocenters. The van der Waals surface area contributed by atoms with Crippen LogP contribution in [0.1, 0.15) is 18.4 Å². The average Bonchev–Trinajstić information content (AvgIpc) is 3.01. The van der Waals surface area contributed by atoms with Crippen LogP contribution in [0.2, 0.25) is 0 Å². The van der Waals surface area contributed by atoms with Gasteiger partial charge in [0.15, 0.2) is 0 Å². The summed E-state index contributed by atoms with van der Waals surface area (Å²) in [6.45, 7) is 0.0697. The molecule has 0 radical (unpaired) electrons. The van der Waals surface area contributed by atoms with Gasteiger partial charge in [0.1, 0.15) is 0 Å². The third-order valence-corrected chi connectivity index (χ3v) is 5.98. The van der Waals surface area contributed by atoms with Crippen LogP contribution in [0.5, 0.6) is 0 Å². The van der Waals surface area contributed by atoms with E-state index >= 15 is 0 Å². The Balaban J connectivity index is 2.33. The fourth-order valence-corrected chi connectivity index (χ4v) is 4.26. The predicted molar refractivity (Wildman–Crippen MR) is 101 cm³/mol. The molecule has 31 heavy (non-hydrogen) atoms. The van der Waals surface area contributed by atoms with Gasteiger partial charge in [-0.25, -0.2) is 8.42 Å². The van der Waals surface area contributed by atoms with E-state index in [0.29, 0.717) is 11.0 Å². The predicted octanol–water partition coefficient (Wildman–Crippen LogP) is 3.23. The van der Waals surface area contributed by atoms with E-state index in [1.54, 1.807) is 0 Å². The molecule has 2 aromatic carbocycles. The highest BCUT2D eigenvalue weighted by Gasteiger charge is 2.47. The second-order valence-electron chi connectivity index (χ2n) is 6.65. The van der Waals surface area contributed by atoms with Crippen molar-refractivity contribution in [2.24, 2.45) is 0 Å². The summed E-state index contributed by atoms with van der Waals surface area (Å²) < 4.78 is 67.5. The number of non-ortho nitro benzene ring substituents is 1. The average molecular weight is 481 g/mol. The number of nitrogens with zero attached hydrogens (tertiary/aromatic N) is 2. The minimum atomic E-state index is -5.22. The number of nitro benzene ring substituents is 1. The van der Waals surface area contributed by atoms with Crippen LogP contribution in [0.4, 0.5) is 24.5 Å². The van der Waals surface area contributed by atoms with E-state index in [1.807, 2.05) is 0 Å². The third kappa shape index (κ3) is 4.28. The first-order valence-electron chi connectivity index (χ1n) is 8.43. The second kappa shape index (κ2) is 7.64. The Morgan fingerprint density at radius 1 is 1.32 bits per heavy atom. The Labute approximate surface area is 176 Å². The number of nitro groups is 1. The number of hydrogen-bond acceptors (Lipinski definition) is 7. The minimum absolute atomic E-state index is 0.00121. The molecule has 0 aromatic heterocycles. The molecule has 1 aliphatic rings. The van der Waals surface area contributed by atoms with Crippen LogP contribution in [0.15, 0.2) is 29.2 Å². The summed E-state index contributed by atoms with van der Waals surface area (Å²) in [7, 11) is 0.937. The highest BCUT2D eigenvalue weighted by Crippen LogP contribution is 2.46. The summed E-state index contributed by atoms with van der Waals surface area (Å²) in [5.74, 6) is -3.96. The normalized spacial score (nSPS) is 16.3. The number of amides is 1. The Morgan fingerprint density at radius 3 is 2.48 bits per heavy atom. The van der Waals surface area contributed by atoms with Gasteiger partial charge in [0, 0.05) is 41.8 Å². The molecule has 2 aromatic rings. The molecule has 0 saturated carbocycles. The van der Waals surface area contributed by atoms with Crippen molar-refractivity contribution in [1.82, 2.24) is 0 Å². The standard InChI is InChI=1S/C17H12ClF3N2O7S/c1-8(24)30-7-10-6-22(16(25)17(19,20)21)12-3-2-9-4-11(31(18,28)29)5-13(23(26)27)14(9)15(10)12/h2-5,10H,6-7H2,1H3. The monoisotopic (exact) mass is 480 g/mol. The van der Waals surface area contributed by atoms with Gasteiger partial charge in [0.25, 0.3) is 14.7 Å². The summed E-state index contributed by atoms with van der Waals surface area (Å²) in [6, 6.07) is 3.98. The number of alkyl halides is 3.